The van der Waals surface area contributed by atoms with E-state index < -0.39 is 17.7 Å². The van der Waals surface area contributed by atoms with Gasteiger partial charge >= 0.3 is 0 Å². The summed E-state index contributed by atoms with van der Waals surface area (Å²) in [6, 6.07) is 13.8. The Balaban J connectivity index is 1.14. The number of nitrogens with one attached hydrogen (secondary N) is 2. The highest BCUT2D eigenvalue weighted by Crippen LogP contribution is 2.37. The summed E-state index contributed by atoms with van der Waals surface area (Å²) < 4.78 is 31.5. The topological polar surface area (TPSA) is 139 Å². The molecule has 3 aliphatic rings. The summed E-state index contributed by atoms with van der Waals surface area (Å²) in [6.45, 7) is 0.887. The van der Waals surface area contributed by atoms with Crippen LogP contribution in [0.5, 0.6) is 0 Å². The van der Waals surface area contributed by atoms with Gasteiger partial charge in [-0.3, -0.25) is 14.3 Å². The maximum atomic E-state index is 14.8. The van der Waals surface area contributed by atoms with Gasteiger partial charge in [-0.15, -0.1) is 0 Å². The maximum Gasteiger partial charge on any atom is 0.245 e. The Bertz CT molecular complexity index is 2320. The Kier molecular flexibility index (Phi) is 6.57. The SMILES string of the molecule is CN1CCC2NC(=O)Cn3nc4cccc(c4c32)-c2cccc(n2)NC2CC(C1=O)N(c1ncnc3c1cnn3-c1ccc(F)cc1F)C2. The average molecular weight is 662 g/mol. The van der Waals surface area contributed by atoms with Crippen LogP contribution in [-0.2, 0) is 16.1 Å². The first-order valence-corrected chi connectivity index (χ1v) is 16.0. The number of carbonyl (C=O) groups is 2. The van der Waals surface area contributed by atoms with Crippen LogP contribution in [0.15, 0.2) is 67.1 Å². The number of aromatic nitrogens is 7. The molecule has 3 atom stereocenters. The molecule has 1 saturated heterocycles. The minimum absolute atomic E-state index is 0.0387. The minimum Gasteiger partial charge on any atom is -0.365 e. The maximum absolute atomic E-state index is 14.8. The molecule has 49 heavy (non-hydrogen) atoms. The second-order valence-corrected chi connectivity index (χ2v) is 12.7. The molecule has 246 valence electrons. The molecule has 15 heteroatoms. The molecule has 2 amide bonds. The van der Waals surface area contributed by atoms with Crippen molar-refractivity contribution in [3.8, 4) is 16.9 Å². The predicted molar refractivity (Wildman–Crippen MR) is 176 cm³/mol. The van der Waals surface area contributed by atoms with Gasteiger partial charge < -0.3 is 20.4 Å². The highest BCUT2D eigenvalue weighted by atomic mass is 19.1. The van der Waals surface area contributed by atoms with Crippen LogP contribution in [0.1, 0.15) is 24.6 Å². The molecule has 2 aromatic carbocycles. The zero-order valence-electron chi connectivity index (χ0n) is 26.2. The van der Waals surface area contributed by atoms with Crippen LogP contribution in [0.25, 0.3) is 38.9 Å². The third kappa shape index (κ3) is 4.75. The Labute approximate surface area is 277 Å². The zero-order chi connectivity index (χ0) is 33.4. The van der Waals surface area contributed by atoms with E-state index in [2.05, 4.69) is 25.7 Å². The van der Waals surface area contributed by atoms with Crippen LogP contribution < -0.4 is 15.5 Å². The first-order valence-electron chi connectivity index (χ1n) is 16.0. The molecule has 0 radical (unpaired) electrons. The Morgan fingerprint density at radius 2 is 1.88 bits per heavy atom. The lowest BCUT2D eigenvalue weighted by Crippen LogP contribution is -2.46. The van der Waals surface area contributed by atoms with Crippen LogP contribution in [0.4, 0.5) is 20.4 Å². The fraction of sp³-hybridized carbons (Fsp3) is 0.265. The minimum atomic E-state index is -0.784. The summed E-state index contributed by atoms with van der Waals surface area (Å²) in [5.41, 5.74) is 3.69. The van der Waals surface area contributed by atoms with E-state index in [9.17, 15) is 18.4 Å². The standard InChI is InChI=1S/C34H29F2N11O2/c1-44-11-10-25-31-30-20(4-2-6-24(30)43-46(31)16-29(48)42-25)23-5-3-7-28(41-23)40-19-13-27(34(44)49)45(15-19)32-21-14-39-47(33(21)38-17-37-32)26-9-8-18(35)12-22(26)36/h2-9,12,14,17,19,25,27H,10-11,13,15-16H2,1H3,(H,40,41)(H,42,48). The van der Waals surface area contributed by atoms with E-state index in [1.807, 2.05) is 41.3 Å². The molecule has 0 saturated carbocycles. The first-order chi connectivity index (χ1) is 23.8. The number of fused-ring (bicyclic) bond motifs is 6. The second-order valence-electron chi connectivity index (χ2n) is 12.7. The molecular weight excluding hydrogens is 632 g/mol. The molecule has 3 unspecified atom stereocenters. The van der Waals surface area contributed by atoms with E-state index in [0.29, 0.717) is 48.6 Å². The van der Waals surface area contributed by atoms with Crippen molar-refractivity contribution < 1.29 is 18.4 Å². The van der Waals surface area contributed by atoms with Crippen LogP contribution in [-0.4, -0.2) is 83.4 Å². The number of benzene rings is 2. The number of likely N-dealkylation sites (N-methyl/N-ethyl adjacent to an activating group) is 1. The molecular formula is C34H29F2N11O2. The van der Waals surface area contributed by atoms with Gasteiger partial charge in [0.15, 0.2) is 11.5 Å². The quantitative estimate of drug-likeness (QED) is 0.285. The number of carbonyl (C=O) groups excluding carboxylic acids is 2. The van der Waals surface area contributed by atoms with Crippen molar-refractivity contribution in [2.45, 2.75) is 37.5 Å². The van der Waals surface area contributed by atoms with Crippen molar-refractivity contribution in [2.75, 3.05) is 30.4 Å². The van der Waals surface area contributed by atoms with Gasteiger partial charge in [0.25, 0.3) is 0 Å². The Morgan fingerprint density at radius 1 is 1.00 bits per heavy atom. The molecule has 4 aromatic heterocycles. The number of nitrogens with zero attached hydrogens (tertiary/aromatic N) is 9. The van der Waals surface area contributed by atoms with Crippen molar-refractivity contribution in [3.63, 3.8) is 0 Å². The summed E-state index contributed by atoms with van der Waals surface area (Å²) in [7, 11) is 1.76. The first kappa shape index (κ1) is 29.2. The number of amides is 2. The van der Waals surface area contributed by atoms with Crippen LogP contribution in [0.3, 0.4) is 0 Å². The van der Waals surface area contributed by atoms with E-state index in [1.54, 1.807) is 16.6 Å². The van der Waals surface area contributed by atoms with Crippen LogP contribution in [0.2, 0.25) is 0 Å². The Hall–Kier alpha value is -5.99. The Morgan fingerprint density at radius 3 is 2.76 bits per heavy atom. The normalized spacial score (nSPS) is 20.7. The van der Waals surface area contributed by atoms with Gasteiger partial charge in [-0.05, 0) is 43.2 Å². The van der Waals surface area contributed by atoms with E-state index in [1.165, 1.54) is 23.3 Å². The van der Waals surface area contributed by atoms with Gasteiger partial charge in [0, 0.05) is 43.2 Å². The molecule has 13 nitrogen and oxygen atoms in total. The lowest BCUT2D eigenvalue weighted by molar-refractivity contribution is -0.131. The number of hydrogen-bond acceptors (Lipinski definition) is 9. The third-order valence-corrected chi connectivity index (χ3v) is 9.61. The number of rotatable bonds is 2. The lowest BCUT2D eigenvalue weighted by atomic mass is 9.98. The van der Waals surface area contributed by atoms with Crippen LogP contribution >= 0.6 is 0 Å². The van der Waals surface area contributed by atoms with Gasteiger partial charge in [-0.1, -0.05) is 18.2 Å². The predicted octanol–water partition coefficient (Wildman–Crippen LogP) is 3.60. The van der Waals surface area contributed by atoms with E-state index >= 15 is 0 Å². The highest BCUT2D eigenvalue weighted by Gasteiger charge is 2.41. The van der Waals surface area contributed by atoms with Gasteiger partial charge in [0.05, 0.1) is 34.5 Å². The number of pyridine rings is 1. The van der Waals surface area contributed by atoms with Crippen molar-refractivity contribution in [1.29, 1.82) is 0 Å². The number of anilines is 2. The summed E-state index contributed by atoms with van der Waals surface area (Å²) >= 11 is 0. The number of hydrogen-bond donors (Lipinski definition) is 2. The average Bonchev–Trinajstić information content (AvgIpc) is 3.81. The number of halogens is 2. The van der Waals surface area contributed by atoms with Crippen LogP contribution in [0, 0.1) is 11.6 Å². The summed E-state index contributed by atoms with van der Waals surface area (Å²) in [5, 5.41) is 17.3. The third-order valence-electron chi connectivity index (χ3n) is 9.61. The van der Waals surface area contributed by atoms with Gasteiger partial charge in [0.2, 0.25) is 11.8 Å². The molecule has 7 heterocycles. The van der Waals surface area contributed by atoms with E-state index in [4.69, 9.17) is 10.1 Å². The highest BCUT2D eigenvalue weighted by molar-refractivity contribution is 5.98. The molecule has 2 N–H and O–H groups in total. The lowest BCUT2D eigenvalue weighted by Gasteiger charge is -2.31. The van der Waals surface area contributed by atoms with Crippen molar-refractivity contribution >= 4 is 45.4 Å². The van der Waals surface area contributed by atoms with Crippen molar-refractivity contribution in [2.24, 2.45) is 0 Å². The molecule has 0 aliphatic carbocycles. The molecule has 4 bridgehead atoms. The van der Waals surface area contributed by atoms with E-state index in [-0.39, 0.29) is 36.1 Å². The van der Waals surface area contributed by atoms with Gasteiger partial charge in [-0.2, -0.15) is 10.2 Å². The van der Waals surface area contributed by atoms with Gasteiger partial charge in [0.1, 0.15) is 42.1 Å². The van der Waals surface area contributed by atoms with Crippen molar-refractivity contribution in [1.82, 2.24) is 44.7 Å². The molecule has 3 aliphatic heterocycles. The fourth-order valence-corrected chi connectivity index (χ4v) is 7.41. The van der Waals surface area contributed by atoms with Crippen molar-refractivity contribution in [3.05, 3.63) is 84.4 Å². The van der Waals surface area contributed by atoms with Gasteiger partial charge in [-0.25, -0.2) is 28.4 Å². The monoisotopic (exact) mass is 661 g/mol. The summed E-state index contributed by atoms with van der Waals surface area (Å²) in [5.74, 6) is -0.623. The zero-order valence-corrected chi connectivity index (χ0v) is 26.2. The summed E-state index contributed by atoms with van der Waals surface area (Å²) in [6.07, 6.45) is 3.81. The molecule has 6 aromatic rings. The molecule has 9 rings (SSSR count). The molecule has 1 fully saturated rings. The second kappa shape index (κ2) is 11.0. The fourth-order valence-electron chi connectivity index (χ4n) is 7.41. The largest absolute Gasteiger partial charge is 0.365 e. The summed E-state index contributed by atoms with van der Waals surface area (Å²) in [4.78, 5) is 44.7. The van der Waals surface area contributed by atoms with E-state index in [0.717, 1.165) is 40.0 Å². The molecule has 0 spiro atoms. The smallest absolute Gasteiger partial charge is 0.245 e.